The van der Waals surface area contributed by atoms with Gasteiger partial charge in [-0.2, -0.15) is 0 Å². The molecule has 1 amide bonds. The SMILES string of the molecule is C[C@H](OC(=O)c1nccnc1N)C(=O)Nc1ccc(Br)cc1. The third kappa shape index (κ3) is 4.01. The van der Waals surface area contributed by atoms with E-state index < -0.39 is 18.0 Å². The summed E-state index contributed by atoms with van der Waals surface area (Å²) in [5.74, 6) is -1.31. The lowest BCUT2D eigenvalue weighted by Gasteiger charge is -2.13. The Labute approximate surface area is 135 Å². The van der Waals surface area contributed by atoms with Crippen molar-refractivity contribution >= 4 is 39.3 Å². The average molecular weight is 365 g/mol. The van der Waals surface area contributed by atoms with Gasteiger partial charge < -0.3 is 15.8 Å². The van der Waals surface area contributed by atoms with Crippen molar-refractivity contribution in [3.8, 4) is 0 Å². The number of hydrogen-bond acceptors (Lipinski definition) is 6. The summed E-state index contributed by atoms with van der Waals surface area (Å²) in [5.41, 5.74) is 6.00. The zero-order valence-corrected chi connectivity index (χ0v) is 13.2. The Morgan fingerprint density at radius 2 is 1.86 bits per heavy atom. The molecule has 0 aliphatic heterocycles. The minimum atomic E-state index is -1.00. The Hall–Kier alpha value is -2.48. The molecule has 0 aliphatic carbocycles. The molecular formula is C14H13BrN4O3. The summed E-state index contributed by atoms with van der Waals surface area (Å²) in [6, 6.07) is 7.01. The van der Waals surface area contributed by atoms with Gasteiger partial charge in [-0.1, -0.05) is 15.9 Å². The van der Waals surface area contributed by atoms with Crippen molar-refractivity contribution < 1.29 is 14.3 Å². The van der Waals surface area contributed by atoms with Crippen LogP contribution in [0.25, 0.3) is 0 Å². The first kappa shape index (κ1) is 15.9. The predicted octanol–water partition coefficient (Wildman–Crippen LogP) is 2.01. The molecule has 0 unspecified atom stereocenters. The molecule has 0 bridgehead atoms. The van der Waals surface area contributed by atoms with Gasteiger partial charge in [0.15, 0.2) is 17.6 Å². The summed E-state index contributed by atoms with van der Waals surface area (Å²) in [4.78, 5) is 31.4. The summed E-state index contributed by atoms with van der Waals surface area (Å²) in [5, 5.41) is 2.64. The van der Waals surface area contributed by atoms with E-state index >= 15 is 0 Å². The first-order chi connectivity index (χ1) is 10.5. The normalized spacial score (nSPS) is 11.5. The Kier molecular flexibility index (Phi) is 5.05. The van der Waals surface area contributed by atoms with Crippen LogP contribution in [0.5, 0.6) is 0 Å². The third-order valence-electron chi connectivity index (χ3n) is 2.68. The Morgan fingerprint density at radius 3 is 2.50 bits per heavy atom. The number of aromatic nitrogens is 2. The summed E-state index contributed by atoms with van der Waals surface area (Å²) in [6.07, 6.45) is 1.67. The fraction of sp³-hybridized carbons (Fsp3) is 0.143. The van der Waals surface area contributed by atoms with Crippen LogP contribution in [0.2, 0.25) is 0 Å². The second kappa shape index (κ2) is 6.99. The summed E-state index contributed by atoms with van der Waals surface area (Å²) >= 11 is 3.30. The molecule has 0 spiro atoms. The maximum atomic E-state index is 12.0. The first-order valence-electron chi connectivity index (χ1n) is 6.31. The zero-order chi connectivity index (χ0) is 16.1. The van der Waals surface area contributed by atoms with Gasteiger partial charge in [0.1, 0.15) is 0 Å². The van der Waals surface area contributed by atoms with Crippen LogP contribution >= 0.6 is 15.9 Å². The highest BCUT2D eigenvalue weighted by atomic mass is 79.9. The standard InChI is InChI=1S/C14H13BrN4O3/c1-8(13(20)19-10-4-2-9(15)3-5-10)22-14(21)11-12(16)18-7-6-17-11/h2-8H,1H3,(H2,16,18)(H,19,20)/t8-/m0/s1. The molecule has 0 saturated heterocycles. The molecule has 0 aliphatic rings. The highest BCUT2D eigenvalue weighted by Gasteiger charge is 2.21. The van der Waals surface area contributed by atoms with Gasteiger partial charge in [0.2, 0.25) is 0 Å². The largest absolute Gasteiger partial charge is 0.448 e. The van der Waals surface area contributed by atoms with Gasteiger partial charge in [0.05, 0.1) is 0 Å². The smallest absolute Gasteiger partial charge is 0.361 e. The fourth-order valence-corrected chi connectivity index (χ4v) is 1.82. The number of ether oxygens (including phenoxy) is 1. The Bertz CT molecular complexity index is 691. The monoisotopic (exact) mass is 364 g/mol. The molecule has 114 valence electrons. The van der Waals surface area contributed by atoms with Crippen molar-refractivity contribution in [2.24, 2.45) is 0 Å². The van der Waals surface area contributed by atoms with Gasteiger partial charge in [-0.25, -0.2) is 14.8 Å². The number of halogens is 1. The molecule has 2 aromatic rings. The van der Waals surface area contributed by atoms with Gasteiger partial charge in [-0.05, 0) is 31.2 Å². The third-order valence-corrected chi connectivity index (χ3v) is 3.21. The number of nitrogen functional groups attached to an aromatic ring is 1. The molecule has 1 heterocycles. The number of carbonyl (C=O) groups excluding carboxylic acids is 2. The van der Waals surface area contributed by atoms with E-state index in [1.807, 2.05) is 0 Å². The van der Waals surface area contributed by atoms with Crippen molar-refractivity contribution in [3.63, 3.8) is 0 Å². The van der Waals surface area contributed by atoms with E-state index in [4.69, 9.17) is 10.5 Å². The zero-order valence-electron chi connectivity index (χ0n) is 11.6. The van der Waals surface area contributed by atoms with E-state index in [9.17, 15) is 9.59 Å². The number of esters is 1. The van der Waals surface area contributed by atoms with E-state index in [1.165, 1.54) is 19.3 Å². The quantitative estimate of drug-likeness (QED) is 0.803. The topological polar surface area (TPSA) is 107 Å². The number of amides is 1. The molecule has 1 aromatic carbocycles. The molecule has 8 heteroatoms. The lowest BCUT2D eigenvalue weighted by molar-refractivity contribution is -0.123. The molecule has 3 N–H and O–H groups in total. The lowest BCUT2D eigenvalue weighted by Crippen LogP contribution is -2.30. The maximum absolute atomic E-state index is 12.0. The lowest BCUT2D eigenvalue weighted by atomic mass is 10.3. The second-order valence-corrected chi connectivity index (χ2v) is 5.25. The van der Waals surface area contributed by atoms with Crippen LogP contribution < -0.4 is 11.1 Å². The fourth-order valence-electron chi connectivity index (χ4n) is 1.55. The number of nitrogens with zero attached hydrogens (tertiary/aromatic N) is 2. The van der Waals surface area contributed by atoms with Gasteiger partial charge >= 0.3 is 5.97 Å². The Morgan fingerprint density at radius 1 is 1.23 bits per heavy atom. The van der Waals surface area contributed by atoms with Crippen LogP contribution in [0.1, 0.15) is 17.4 Å². The minimum absolute atomic E-state index is 0.0481. The maximum Gasteiger partial charge on any atom is 0.361 e. The molecule has 0 radical (unpaired) electrons. The number of nitrogens with one attached hydrogen (secondary N) is 1. The molecule has 2 rings (SSSR count). The molecule has 1 aromatic heterocycles. The average Bonchev–Trinajstić information content (AvgIpc) is 2.49. The van der Waals surface area contributed by atoms with Crippen LogP contribution in [-0.2, 0) is 9.53 Å². The van der Waals surface area contributed by atoms with E-state index in [2.05, 4.69) is 31.2 Å². The molecule has 0 fully saturated rings. The van der Waals surface area contributed by atoms with Crippen molar-refractivity contribution in [2.75, 3.05) is 11.1 Å². The predicted molar refractivity (Wildman–Crippen MR) is 84.1 cm³/mol. The van der Waals surface area contributed by atoms with E-state index in [0.29, 0.717) is 5.69 Å². The summed E-state index contributed by atoms with van der Waals surface area (Å²) in [7, 11) is 0. The number of rotatable bonds is 4. The van der Waals surface area contributed by atoms with E-state index in [-0.39, 0.29) is 11.5 Å². The van der Waals surface area contributed by atoms with Gasteiger partial charge in [-0.3, -0.25) is 4.79 Å². The van der Waals surface area contributed by atoms with Crippen molar-refractivity contribution in [2.45, 2.75) is 13.0 Å². The number of carbonyl (C=O) groups is 2. The van der Waals surface area contributed by atoms with Crippen LogP contribution in [0.4, 0.5) is 11.5 Å². The number of anilines is 2. The number of benzene rings is 1. The molecule has 22 heavy (non-hydrogen) atoms. The van der Waals surface area contributed by atoms with Crippen LogP contribution in [-0.4, -0.2) is 27.9 Å². The minimum Gasteiger partial charge on any atom is -0.448 e. The molecule has 7 nitrogen and oxygen atoms in total. The Balaban J connectivity index is 1.98. The van der Waals surface area contributed by atoms with Crippen LogP contribution in [0.15, 0.2) is 41.1 Å². The van der Waals surface area contributed by atoms with Gasteiger partial charge in [0, 0.05) is 22.6 Å². The van der Waals surface area contributed by atoms with Gasteiger partial charge in [0.25, 0.3) is 5.91 Å². The summed E-state index contributed by atoms with van der Waals surface area (Å²) < 4.78 is 5.92. The highest BCUT2D eigenvalue weighted by molar-refractivity contribution is 9.10. The highest BCUT2D eigenvalue weighted by Crippen LogP contribution is 2.15. The van der Waals surface area contributed by atoms with Crippen molar-refractivity contribution in [3.05, 3.63) is 46.8 Å². The molecule has 0 saturated carbocycles. The van der Waals surface area contributed by atoms with E-state index in [1.54, 1.807) is 24.3 Å². The first-order valence-corrected chi connectivity index (χ1v) is 7.10. The number of hydrogen-bond donors (Lipinski definition) is 2. The number of nitrogens with two attached hydrogens (primary N) is 1. The van der Waals surface area contributed by atoms with Crippen molar-refractivity contribution in [1.82, 2.24) is 9.97 Å². The van der Waals surface area contributed by atoms with Crippen LogP contribution in [0, 0.1) is 0 Å². The van der Waals surface area contributed by atoms with E-state index in [0.717, 1.165) is 4.47 Å². The molecular weight excluding hydrogens is 352 g/mol. The van der Waals surface area contributed by atoms with Gasteiger partial charge in [-0.15, -0.1) is 0 Å². The van der Waals surface area contributed by atoms with Crippen molar-refractivity contribution in [1.29, 1.82) is 0 Å². The summed E-state index contributed by atoms with van der Waals surface area (Å²) in [6.45, 7) is 1.46. The van der Waals surface area contributed by atoms with Crippen LogP contribution in [0.3, 0.4) is 0 Å². The second-order valence-electron chi connectivity index (χ2n) is 4.33. The molecule has 1 atom stereocenters.